The van der Waals surface area contributed by atoms with Crippen LogP contribution in [0.25, 0.3) is 0 Å². The number of hydrogen-bond acceptors (Lipinski definition) is 8. The number of nitrogens with zero attached hydrogens (tertiary/aromatic N) is 1. The number of rotatable bonds is 12. The second kappa shape index (κ2) is 11.7. The van der Waals surface area contributed by atoms with E-state index in [1.54, 1.807) is 24.3 Å². The van der Waals surface area contributed by atoms with E-state index in [1.165, 1.54) is 18.2 Å². The minimum absolute atomic E-state index is 0.0210. The molecule has 0 spiro atoms. The maximum atomic E-state index is 12.7. The van der Waals surface area contributed by atoms with Crippen molar-refractivity contribution in [1.29, 1.82) is 0 Å². The SMILES string of the molecule is C=CCOC(=O)[C@@H](CCC(=O)OCc1ccccc1)NS(=O)(=O)c1ccccc1[N+](=O)[O-]. The van der Waals surface area contributed by atoms with Gasteiger partial charge >= 0.3 is 11.9 Å². The highest BCUT2D eigenvalue weighted by molar-refractivity contribution is 7.89. The Morgan fingerprint density at radius 2 is 1.75 bits per heavy atom. The first-order chi connectivity index (χ1) is 15.2. The van der Waals surface area contributed by atoms with Crippen LogP contribution in [0.4, 0.5) is 5.69 Å². The Morgan fingerprint density at radius 1 is 1.09 bits per heavy atom. The van der Waals surface area contributed by atoms with Gasteiger partial charge < -0.3 is 9.47 Å². The van der Waals surface area contributed by atoms with Gasteiger partial charge in [-0.2, -0.15) is 4.72 Å². The second-order valence-corrected chi connectivity index (χ2v) is 8.18. The summed E-state index contributed by atoms with van der Waals surface area (Å²) < 4.78 is 37.6. The van der Waals surface area contributed by atoms with E-state index < -0.39 is 43.5 Å². The van der Waals surface area contributed by atoms with Gasteiger partial charge in [0.2, 0.25) is 10.0 Å². The van der Waals surface area contributed by atoms with Crippen LogP contribution in [0.1, 0.15) is 18.4 Å². The van der Waals surface area contributed by atoms with Crippen LogP contribution in [0.3, 0.4) is 0 Å². The average Bonchev–Trinajstić information content (AvgIpc) is 2.79. The van der Waals surface area contributed by atoms with Gasteiger partial charge in [-0.25, -0.2) is 8.42 Å². The van der Waals surface area contributed by atoms with Gasteiger partial charge in [0.05, 0.1) is 4.92 Å². The summed E-state index contributed by atoms with van der Waals surface area (Å²) in [4.78, 5) is 34.1. The number of nitro groups is 1. The van der Waals surface area contributed by atoms with E-state index in [0.29, 0.717) is 0 Å². The molecule has 0 fully saturated rings. The Labute approximate surface area is 185 Å². The van der Waals surface area contributed by atoms with Crippen molar-refractivity contribution >= 4 is 27.6 Å². The first kappa shape index (κ1) is 24.7. The van der Waals surface area contributed by atoms with Crippen LogP contribution in [0, 0.1) is 10.1 Å². The van der Waals surface area contributed by atoms with Crippen LogP contribution < -0.4 is 4.72 Å². The number of nitro benzene ring substituents is 1. The van der Waals surface area contributed by atoms with Gasteiger partial charge in [0.25, 0.3) is 5.69 Å². The summed E-state index contributed by atoms with van der Waals surface area (Å²) in [6, 6.07) is 12.1. The van der Waals surface area contributed by atoms with Gasteiger partial charge in [0.15, 0.2) is 4.90 Å². The topological polar surface area (TPSA) is 142 Å². The number of benzene rings is 2. The zero-order valence-corrected chi connectivity index (χ0v) is 17.8. The van der Waals surface area contributed by atoms with Gasteiger partial charge in [0, 0.05) is 12.5 Å². The predicted molar refractivity (Wildman–Crippen MR) is 114 cm³/mol. The number of esters is 2. The number of sulfonamides is 1. The zero-order chi connectivity index (χ0) is 23.6. The quantitative estimate of drug-likeness (QED) is 0.219. The summed E-state index contributed by atoms with van der Waals surface area (Å²) in [5, 5.41) is 11.2. The fourth-order valence-corrected chi connectivity index (χ4v) is 4.02. The van der Waals surface area contributed by atoms with Crippen LogP contribution in [0.5, 0.6) is 0 Å². The molecule has 0 amide bonds. The maximum Gasteiger partial charge on any atom is 0.324 e. The summed E-state index contributed by atoms with van der Waals surface area (Å²) >= 11 is 0. The summed E-state index contributed by atoms with van der Waals surface area (Å²) in [7, 11) is -4.48. The molecule has 0 aliphatic heterocycles. The largest absolute Gasteiger partial charge is 0.461 e. The van der Waals surface area contributed by atoms with E-state index >= 15 is 0 Å². The third kappa shape index (κ3) is 7.29. The Balaban J connectivity index is 2.11. The lowest BCUT2D eigenvalue weighted by molar-refractivity contribution is -0.387. The van der Waals surface area contributed by atoms with Crippen molar-refractivity contribution in [1.82, 2.24) is 4.72 Å². The molecule has 0 saturated heterocycles. The molecule has 0 aromatic heterocycles. The maximum absolute atomic E-state index is 12.7. The molecular weight excluding hydrogens is 440 g/mol. The van der Waals surface area contributed by atoms with Gasteiger partial charge in [-0.3, -0.25) is 19.7 Å². The van der Waals surface area contributed by atoms with E-state index in [1.807, 2.05) is 6.07 Å². The first-order valence-corrected chi connectivity index (χ1v) is 11.0. The Kier molecular flexibility index (Phi) is 9.05. The predicted octanol–water partition coefficient (Wildman–Crippen LogP) is 2.49. The lowest BCUT2D eigenvalue weighted by atomic mass is 10.2. The molecule has 0 unspecified atom stereocenters. The number of ether oxygens (including phenoxy) is 2. The second-order valence-electron chi connectivity index (χ2n) is 6.50. The molecule has 0 aliphatic carbocycles. The minimum atomic E-state index is -4.48. The van der Waals surface area contributed by atoms with Gasteiger partial charge in [-0.15, -0.1) is 0 Å². The molecule has 32 heavy (non-hydrogen) atoms. The fraction of sp³-hybridized carbons (Fsp3) is 0.238. The minimum Gasteiger partial charge on any atom is -0.461 e. The summed E-state index contributed by atoms with van der Waals surface area (Å²) in [5.74, 6) is -1.61. The average molecular weight is 462 g/mol. The van der Waals surface area contributed by atoms with Crippen LogP contribution >= 0.6 is 0 Å². The molecule has 1 atom stereocenters. The summed E-state index contributed by atoms with van der Waals surface area (Å²) in [5.41, 5.74) is 0.111. The molecule has 0 bridgehead atoms. The summed E-state index contributed by atoms with van der Waals surface area (Å²) in [6.45, 7) is 3.25. The third-order valence-electron chi connectivity index (χ3n) is 4.16. The van der Waals surface area contributed by atoms with Gasteiger partial charge in [0.1, 0.15) is 19.3 Å². The molecule has 2 rings (SSSR count). The van der Waals surface area contributed by atoms with Crippen LogP contribution in [0.15, 0.2) is 72.1 Å². The molecule has 10 nitrogen and oxygen atoms in total. The van der Waals surface area contributed by atoms with E-state index in [0.717, 1.165) is 17.7 Å². The van der Waals surface area contributed by atoms with Gasteiger partial charge in [-0.05, 0) is 18.1 Å². The van der Waals surface area contributed by atoms with Crippen molar-refractivity contribution in [2.24, 2.45) is 0 Å². The number of carbonyl (C=O) groups is 2. The van der Waals surface area contributed by atoms with Crippen LogP contribution in [0.2, 0.25) is 0 Å². The van der Waals surface area contributed by atoms with Crippen LogP contribution in [-0.4, -0.2) is 37.9 Å². The molecule has 0 saturated carbocycles. The van der Waals surface area contributed by atoms with Gasteiger partial charge in [-0.1, -0.05) is 55.1 Å². The fourth-order valence-electron chi connectivity index (χ4n) is 2.62. The lowest BCUT2D eigenvalue weighted by Gasteiger charge is -2.17. The smallest absolute Gasteiger partial charge is 0.324 e. The van der Waals surface area contributed by atoms with Crippen molar-refractivity contribution in [3.05, 3.63) is 82.9 Å². The molecule has 2 aromatic rings. The highest BCUT2D eigenvalue weighted by Crippen LogP contribution is 2.23. The normalized spacial score (nSPS) is 11.9. The van der Waals surface area contributed by atoms with E-state index in [4.69, 9.17) is 9.47 Å². The molecule has 0 heterocycles. The molecule has 2 aromatic carbocycles. The van der Waals surface area contributed by atoms with Crippen molar-refractivity contribution < 1.29 is 32.4 Å². The monoisotopic (exact) mass is 462 g/mol. The molecule has 170 valence electrons. The Hall–Kier alpha value is -3.57. The number of carbonyl (C=O) groups excluding carboxylic acids is 2. The Morgan fingerprint density at radius 3 is 2.41 bits per heavy atom. The van der Waals surface area contributed by atoms with Crippen LogP contribution in [-0.2, 0) is 35.7 Å². The van der Waals surface area contributed by atoms with E-state index in [9.17, 15) is 28.1 Å². The molecule has 0 radical (unpaired) electrons. The highest BCUT2D eigenvalue weighted by Gasteiger charge is 2.31. The van der Waals surface area contributed by atoms with E-state index in [-0.39, 0.29) is 26.1 Å². The van der Waals surface area contributed by atoms with Crippen molar-refractivity contribution in [2.75, 3.05) is 6.61 Å². The highest BCUT2D eigenvalue weighted by atomic mass is 32.2. The molecule has 1 N–H and O–H groups in total. The third-order valence-corrected chi connectivity index (χ3v) is 5.68. The van der Waals surface area contributed by atoms with Crippen molar-refractivity contribution in [3.63, 3.8) is 0 Å². The summed E-state index contributed by atoms with van der Waals surface area (Å²) in [6.07, 6.45) is 0.725. The van der Waals surface area contributed by atoms with E-state index in [2.05, 4.69) is 11.3 Å². The number of para-hydroxylation sites is 1. The molecule has 11 heteroatoms. The standard InChI is InChI=1S/C21H22N2O8S/c1-2-14-30-21(25)17(12-13-20(24)31-15-16-8-4-3-5-9-16)22-32(28,29)19-11-7-6-10-18(19)23(26)27/h2-11,17,22H,1,12-15H2/t17-/m1/s1. The van der Waals surface area contributed by atoms with Crippen molar-refractivity contribution in [2.45, 2.75) is 30.4 Å². The zero-order valence-electron chi connectivity index (χ0n) is 17.0. The number of hydrogen-bond donors (Lipinski definition) is 1. The van der Waals surface area contributed by atoms with Crippen molar-refractivity contribution in [3.8, 4) is 0 Å². The molecular formula is C21H22N2O8S. The number of nitrogens with one attached hydrogen (secondary N) is 1. The Bertz CT molecular complexity index is 1070. The molecule has 0 aliphatic rings. The first-order valence-electron chi connectivity index (χ1n) is 9.47. The lowest BCUT2D eigenvalue weighted by Crippen LogP contribution is -2.42.